The minimum atomic E-state index is -1.50. The number of nitrogens with one attached hydrogen (secondary N) is 1. The zero-order chi connectivity index (χ0) is 48.5. The van der Waals surface area contributed by atoms with E-state index in [1.165, 1.54) is 0 Å². The number of aliphatic carboxylic acids is 1. The first-order valence-corrected chi connectivity index (χ1v) is 22.8. The van der Waals surface area contributed by atoms with Crippen molar-refractivity contribution in [2.24, 2.45) is 0 Å². The number of hydrogen-bond donors (Lipinski definition) is 2. The summed E-state index contributed by atoms with van der Waals surface area (Å²) in [5.74, 6) is -1.84. The van der Waals surface area contributed by atoms with Crippen molar-refractivity contribution in [2.45, 2.75) is 109 Å². The molecule has 4 aliphatic rings. The molecule has 4 aromatic carbocycles. The number of nitrogens with zero attached hydrogens (tertiary/aromatic N) is 4. The fourth-order valence-corrected chi connectivity index (χ4v) is 9.29. The van der Waals surface area contributed by atoms with Crippen molar-refractivity contribution in [3.8, 4) is 11.1 Å². The molecular weight excluding hydrogens is 855 g/mol. The standard InChI is InChI=1S/C28H28N2O4.C24H33N3O6/c1-19-7-6-8-20(17-19)30-15-13-28(14-16-30,26(31)32)29-27(33)34-18-25-23-11-4-2-9-21(23)22-10-3-5-12-24(22)25;1-16-9-8-10-17(15-16)25-13-11-24(12-14-25)18(28)26(20(30)32-22(2,3)4)19(29)27(24)21(31)33-23(5,6)7/h2-12,17,25H,13-16,18H2,1H3,(H,29,33)(H,31,32);8-10,15H,11-14H2,1-7H3. The molecule has 15 heteroatoms. The number of anilines is 2. The van der Waals surface area contributed by atoms with Gasteiger partial charge in [-0.05, 0) is 139 Å². The lowest BCUT2D eigenvalue weighted by Gasteiger charge is -2.42. The van der Waals surface area contributed by atoms with Crippen LogP contribution in [0.5, 0.6) is 0 Å². The fraction of sp³-hybridized carbons (Fsp3) is 0.423. The number of urea groups is 1. The van der Waals surface area contributed by atoms with Crippen molar-refractivity contribution in [3.63, 3.8) is 0 Å². The van der Waals surface area contributed by atoms with Crippen molar-refractivity contribution in [1.82, 2.24) is 15.1 Å². The SMILES string of the molecule is Cc1cccc(N2CCC(NC(=O)OCC3c4ccccc4-c4ccccc43)(C(=O)O)CC2)c1.Cc1cccc(N2CCC3(CC2)C(=O)N(C(=O)OC(C)(C)C)C(=O)N3C(=O)OC(C)(C)C)c1. The molecule has 2 N–H and O–H groups in total. The van der Waals surface area contributed by atoms with Gasteiger partial charge in [0.25, 0.3) is 5.91 Å². The van der Waals surface area contributed by atoms with E-state index < -0.39 is 58.5 Å². The molecule has 0 bridgehead atoms. The maximum Gasteiger partial charge on any atom is 0.425 e. The lowest BCUT2D eigenvalue weighted by atomic mass is 9.85. The number of benzene rings is 4. The third kappa shape index (κ3) is 10.3. The Morgan fingerprint density at radius 2 is 1.12 bits per heavy atom. The first-order chi connectivity index (χ1) is 31.6. The summed E-state index contributed by atoms with van der Waals surface area (Å²) in [6.45, 7) is 16.0. The van der Waals surface area contributed by atoms with Gasteiger partial charge in [-0.2, -0.15) is 4.90 Å². The highest BCUT2D eigenvalue weighted by atomic mass is 16.6. The lowest BCUT2D eigenvalue weighted by molar-refractivity contribution is -0.145. The number of carbonyl (C=O) groups is 6. The Balaban J connectivity index is 0.000000199. The van der Waals surface area contributed by atoms with Crippen molar-refractivity contribution in [1.29, 1.82) is 0 Å². The van der Waals surface area contributed by atoms with Crippen molar-refractivity contribution in [2.75, 3.05) is 42.6 Å². The second-order valence-corrected chi connectivity index (χ2v) is 19.7. The topological polar surface area (TPSA) is 175 Å². The van der Waals surface area contributed by atoms with E-state index >= 15 is 0 Å². The molecule has 354 valence electrons. The fourth-order valence-electron chi connectivity index (χ4n) is 9.29. The van der Waals surface area contributed by atoms with Gasteiger partial charge >= 0.3 is 30.3 Å². The second-order valence-electron chi connectivity index (χ2n) is 19.7. The van der Waals surface area contributed by atoms with E-state index in [-0.39, 0.29) is 25.4 Å². The molecule has 8 rings (SSSR count). The largest absolute Gasteiger partial charge is 0.480 e. The molecule has 3 aliphatic heterocycles. The number of rotatable bonds is 6. The quantitative estimate of drug-likeness (QED) is 0.139. The highest BCUT2D eigenvalue weighted by molar-refractivity contribution is 6.21. The van der Waals surface area contributed by atoms with Crippen LogP contribution in [0.1, 0.15) is 95.4 Å². The Kier molecular flexibility index (Phi) is 13.5. The molecule has 0 saturated carbocycles. The van der Waals surface area contributed by atoms with Gasteiger partial charge in [0.2, 0.25) is 0 Å². The molecule has 0 radical (unpaired) electrons. The average molecular weight is 916 g/mol. The summed E-state index contributed by atoms with van der Waals surface area (Å²) in [6.07, 6.45) is -1.78. The van der Waals surface area contributed by atoms with Gasteiger partial charge in [-0.15, -0.1) is 0 Å². The predicted molar refractivity (Wildman–Crippen MR) is 253 cm³/mol. The van der Waals surface area contributed by atoms with Crippen LogP contribution < -0.4 is 15.1 Å². The number of carbonyl (C=O) groups excluding carboxylic acids is 5. The molecule has 3 heterocycles. The highest BCUT2D eigenvalue weighted by Gasteiger charge is 2.64. The molecular formula is C52H61N5O10. The molecule has 0 unspecified atom stereocenters. The van der Waals surface area contributed by atoms with E-state index in [0.717, 1.165) is 49.7 Å². The number of fused-ring (bicyclic) bond motifs is 3. The lowest BCUT2D eigenvalue weighted by Crippen LogP contribution is -2.60. The molecule has 3 fully saturated rings. The van der Waals surface area contributed by atoms with Gasteiger partial charge in [-0.1, -0.05) is 72.8 Å². The van der Waals surface area contributed by atoms with E-state index in [1.54, 1.807) is 41.5 Å². The number of piperidine rings is 2. The molecule has 1 spiro atoms. The normalized spacial score (nSPS) is 17.6. The molecule has 1 aliphatic carbocycles. The van der Waals surface area contributed by atoms with Gasteiger partial charge in [-0.3, -0.25) is 4.79 Å². The number of amides is 6. The number of ether oxygens (including phenoxy) is 3. The first-order valence-electron chi connectivity index (χ1n) is 22.8. The number of imide groups is 4. The summed E-state index contributed by atoms with van der Waals surface area (Å²) in [5, 5.41) is 12.7. The van der Waals surface area contributed by atoms with Crippen molar-refractivity contribution < 1.29 is 48.1 Å². The van der Waals surface area contributed by atoms with Gasteiger partial charge in [0.05, 0.1) is 0 Å². The number of hydrogen-bond acceptors (Lipinski definition) is 11. The molecule has 4 aromatic rings. The van der Waals surface area contributed by atoms with Crippen molar-refractivity contribution in [3.05, 3.63) is 119 Å². The van der Waals surface area contributed by atoms with E-state index in [0.29, 0.717) is 43.9 Å². The third-order valence-corrected chi connectivity index (χ3v) is 12.6. The van der Waals surface area contributed by atoms with Crippen LogP contribution >= 0.6 is 0 Å². The Morgan fingerprint density at radius 1 is 0.657 bits per heavy atom. The summed E-state index contributed by atoms with van der Waals surface area (Å²) in [4.78, 5) is 83.1. The van der Waals surface area contributed by atoms with Gasteiger partial charge in [0, 0.05) is 43.5 Å². The van der Waals surface area contributed by atoms with Crippen LogP contribution in [-0.4, -0.2) is 106 Å². The zero-order valence-electron chi connectivity index (χ0n) is 39.6. The van der Waals surface area contributed by atoms with Crippen LogP contribution in [0.3, 0.4) is 0 Å². The van der Waals surface area contributed by atoms with Crippen LogP contribution in [-0.2, 0) is 23.8 Å². The number of aryl methyl sites for hydroxylation is 2. The monoisotopic (exact) mass is 915 g/mol. The maximum atomic E-state index is 13.5. The van der Waals surface area contributed by atoms with E-state index in [4.69, 9.17) is 14.2 Å². The summed E-state index contributed by atoms with van der Waals surface area (Å²) in [5.41, 5.74) is 4.23. The van der Waals surface area contributed by atoms with Crippen LogP contribution in [0.2, 0.25) is 0 Å². The average Bonchev–Trinajstić information content (AvgIpc) is 3.69. The summed E-state index contributed by atoms with van der Waals surface area (Å²) >= 11 is 0. The van der Waals surface area contributed by atoms with Gasteiger partial charge < -0.3 is 34.4 Å². The second kappa shape index (κ2) is 18.8. The van der Waals surface area contributed by atoms with Gasteiger partial charge in [0.1, 0.15) is 28.9 Å². The Labute approximate surface area is 391 Å². The smallest absolute Gasteiger partial charge is 0.425 e. The molecule has 0 atom stereocenters. The number of carboxylic acid groups (broad SMARTS) is 1. The van der Waals surface area contributed by atoms with E-state index in [9.17, 15) is 33.9 Å². The number of carboxylic acids is 1. The minimum Gasteiger partial charge on any atom is -0.480 e. The van der Waals surface area contributed by atoms with Gasteiger partial charge in [-0.25, -0.2) is 28.9 Å². The van der Waals surface area contributed by atoms with Crippen LogP contribution in [0.25, 0.3) is 11.1 Å². The molecule has 6 amide bonds. The molecule has 15 nitrogen and oxygen atoms in total. The van der Waals surface area contributed by atoms with E-state index in [1.807, 2.05) is 80.6 Å². The van der Waals surface area contributed by atoms with Gasteiger partial charge in [0.15, 0.2) is 0 Å². The zero-order valence-corrected chi connectivity index (χ0v) is 39.6. The molecule has 67 heavy (non-hydrogen) atoms. The summed E-state index contributed by atoms with van der Waals surface area (Å²) in [7, 11) is 0. The highest BCUT2D eigenvalue weighted by Crippen LogP contribution is 2.45. The maximum absolute atomic E-state index is 13.5. The Hall–Kier alpha value is -6.90. The van der Waals surface area contributed by atoms with Crippen LogP contribution in [0.15, 0.2) is 97.1 Å². The van der Waals surface area contributed by atoms with Crippen LogP contribution in [0, 0.1) is 13.8 Å². The predicted octanol–water partition coefficient (Wildman–Crippen LogP) is 9.43. The Morgan fingerprint density at radius 3 is 1.58 bits per heavy atom. The Bertz CT molecular complexity index is 2500. The summed E-state index contributed by atoms with van der Waals surface area (Å²) in [6, 6.07) is 31.3. The van der Waals surface area contributed by atoms with Crippen molar-refractivity contribution >= 4 is 47.6 Å². The molecule has 3 saturated heterocycles. The number of alkyl carbamates (subject to hydrolysis) is 1. The minimum absolute atomic E-state index is 0.0675. The van der Waals surface area contributed by atoms with E-state index in [2.05, 4.69) is 45.4 Å². The first kappa shape index (κ1) is 48.0. The molecule has 0 aromatic heterocycles. The summed E-state index contributed by atoms with van der Waals surface area (Å²) < 4.78 is 16.3. The third-order valence-electron chi connectivity index (χ3n) is 12.6. The van der Waals surface area contributed by atoms with Crippen LogP contribution in [0.4, 0.5) is 30.6 Å².